The number of hydrogen-bond donors (Lipinski definition) is 0. The van der Waals surface area contributed by atoms with E-state index in [2.05, 4.69) is 61.7 Å². The van der Waals surface area contributed by atoms with Crippen LogP contribution < -0.4 is 10.4 Å². The normalized spacial score (nSPS) is 9.88. The molecule has 2 aromatic rings. The minimum absolute atomic E-state index is 0.704. The zero-order valence-corrected chi connectivity index (χ0v) is 10.7. The van der Waals surface area contributed by atoms with Crippen molar-refractivity contribution in [3.63, 3.8) is 0 Å². The summed E-state index contributed by atoms with van der Waals surface area (Å²) in [5.74, 6) is 0. The lowest BCUT2D eigenvalue weighted by Crippen LogP contribution is -2.26. The number of rotatable bonds is 4. The Bertz CT molecular complexity index is 457. The van der Waals surface area contributed by atoms with Crippen molar-refractivity contribution in [1.29, 1.82) is 0 Å². The summed E-state index contributed by atoms with van der Waals surface area (Å²) in [5, 5.41) is 2.70. The first kappa shape index (κ1) is 11.6. The van der Waals surface area contributed by atoms with E-state index in [0.717, 1.165) is 0 Å². The highest BCUT2D eigenvalue weighted by atomic mass is 28.2. The fourth-order valence-corrected chi connectivity index (χ4v) is 2.57. The number of hydrogen-bond acceptors (Lipinski definition) is 0. The minimum Gasteiger partial charge on any atom is -0.0985 e. The van der Waals surface area contributed by atoms with Crippen LogP contribution in [0.5, 0.6) is 0 Å². The summed E-state index contributed by atoms with van der Waals surface area (Å²) in [6.45, 7) is 7.51. The van der Waals surface area contributed by atoms with Crippen LogP contribution in [0, 0.1) is 0 Å². The van der Waals surface area contributed by atoms with Gasteiger partial charge in [0.25, 0.3) is 0 Å². The summed E-state index contributed by atoms with van der Waals surface area (Å²) < 4.78 is 0. The molecule has 2 aromatic carbocycles. The van der Waals surface area contributed by atoms with Gasteiger partial charge < -0.3 is 0 Å². The van der Waals surface area contributed by atoms with Gasteiger partial charge in [-0.1, -0.05) is 84.2 Å². The molecule has 0 aliphatic heterocycles. The Hall–Kier alpha value is -1.86. The molecule has 2 rings (SSSR count). The third-order valence-corrected chi connectivity index (χ3v) is 3.83. The van der Waals surface area contributed by atoms with Crippen LogP contribution in [0.4, 0.5) is 0 Å². The van der Waals surface area contributed by atoms with Gasteiger partial charge in [-0.2, -0.15) is 0 Å². The van der Waals surface area contributed by atoms with E-state index in [1.165, 1.54) is 21.5 Å². The Morgan fingerprint density at radius 1 is 0.647 bits per heavy atom. The zero-order valence-electron chi connectivity index (χ0n) is 9.69. The third-order valence-electron chi connectivity index (χ3n) is 2.58. The molecule has 0 N–H and O–H groups in total. The first-order valence-corrected chi connectivity index (χ1v) is 6.54. The molecule has 0 atom stereocenters. The second-order valence-electron chi connectivity index (χ2n) is 3.78. The van der Waals surface area contributed by atoms with Gasteiger partial charge in [-0.25, -0.2) is 0 Å². The highest BCUT2D eigenvalue weighted by molar-refractivity contribution is 6.67. The van der Waals surface area contributed by atoms with Crippen LogP contribution in [0.1, 0.15) is 11.1 Å². The van der Waals surface area contributed by atoms with E-state index in [0.29, 0.717) is 9.52 Å². The van der Waals surface area contributed by atoms with Crippen molar-refractivity contribution in [2.45, 2.75) is 0 Å². The second kappa shape index (κ2) is 5.46. The topological polar surface area (TPSA) is 0 Å². The van der Waals surface area contributed by atoms with E-state index in [1.54, 1.807) is 0 Å². The Morgan fingerprint density at radius 3 is 1.29 bits per heavy atom. The lowest BCUT2D eigenvalue weighted by molar-refractivity contribution is 1.69. The predicted molar refractivity (Wildman–Crippen MR) is 78.1 cm³/mol. The molecule has 0 nitrogen and oxygen atoms in total. The highest BCUT2D eigenvalue weighted by Gasteiger charge is 1.98. The van der Waals surface area contributed by atoms with E-state index < -0.39 is 0 Å². The molecule has 1 heteroatoms. The van der Waals surface area contributed by atoms with Gasteiger partial charge in [-0.3, -0.25) is 0 Å². The van der Waals surface area contributed by atoms with E-state index in [4.69, 9.17) is 0 Å². The molecule has 0 aliphatic rings. The van der Waals surface area contributed by atoms with Crippen LogP contribution in [0.2, 0.25) is 0 Å². The standard InChI is InChI=1S/C16H14Si/c1-3-13-5-9-15(10-6-13)17-16-11-7-14(4-2)8-12-16/h3-12H,1-2H2. The van der Waals surface area contributed by atoms with Crippen LogP contribution in [-0.4, -0.2) is 9.52 Å². The molecular formula is C16H14Si. The molecule has 0 spiro atoms. The van der Waals surface area contributed by atoms with E-state index in [1.807, 2.05) is 12.2 Å². The molecular weight excluding hydrogens is 220 g/mol. The average Bonchev–Trinajstić information content (AvgIpc) is 2.40. The van der Waals surface area contributed by atoms with Gasteiger partial charge in [0, 0.05) is 0 Å². The Labute approximate surface area is 105 Å². The largest absolute Gasteiger partial charge is 0.121 e. The molecule has 0 aliphatic carbocycles. The maximum absolute atomic E-state index is 3.76. The molecule has 17 heavy (non-hydrogen) atoms. The van der Waals surface area contributed by atoms with Gasteiger partial charge in [-0.05, 0) is 11.1 Å². The zero-order chi connectivity index (χ0) is 12.1. The summed E-state index contributed by atoms with van der Waals surface area (Å²) in [6.07, 6.45) is 3.73. The van der Waals surface area contributed by atoms with Crippen molar-refractivity contribution >= 4 is 32.0 Å². The molecule has 0 unspecified atom stereocenters. The van der Waals surface area contributed by atoms with E-state index >= 15 is 0 Å². The monoisotopic (exact) mass is 234 g/mol. The molecule has 0 fully saturated rings. The smallest absolute Gasteiger partial charge is 0.0985 e. The molecule has 0 amide bonds. The van der Waals surface area contributed by atoms with Crippen molar-refractivity contribution in [2.24, 2.45) is 0 Å². The van der Waals surface area contributed by atoms with Crippen molar-refractivity contribution in [3.05, 3.63) is 72.8 Å². The van der Waals surface area contributed by atoms with E-state index in [9.17, 15) is 0 Å². The first-order chi connectivity index (χ1) is 8.31. The molecule has 0 saturated carbocycles. The SMILES string of the molecule is C=Cc1ccc([Si]c2ccc(C=C)cc2)cc1. The van der Waals surface area contributed by atoms with Gasteiger partial charge >= 0.3 is 0 Å². The summed E-state index contributed by atoms with van der Waals surface area (Å²) in [5.41, 5.74) is 2.33. The van der Waals surface area contributed by atoms with Crippen molar-refractivity contribution in [2.75, 3.05) is 0 Å². The first-order valence-electron chi connectivity index (χ1n) is 5.54. The summed E-state index contributed by atoms with van der Waals surface area (Å²) >= 11 is 0. The van der Waals surface area contributed by atoms with Gasteiger partial charge in [0.15, 0.2) is 0 Å². The Morgan fingerprint density at radius 2 is 1.00 bits per heavy atom. The molecule has 0 aromatic heterocycles. The molecule has 0 saturated heterocycles. The van der Waals surface area contributed by atoms with Crippen LogP contribution in [-0.2, 0) is 0 Å². The maximum Gasteiger partial charge on any atom is 0.121 e. The maximum atomic E-state index is 3.76. The fourth-order valence-electron chi connectivity index (χ4n) is 1.57. The molecule has 0 heterocycles. The van der Waals surface area contributed by atoms with Crippen molar-refractivity contribution in [3.8, 4) is 0 Å². The van der Waals surface area contributed by atoms with Crippen LogP contribution in [0.3, 0.4) is 0 Å². The van der Waals surface area contributed by atoms with Gasteiger partial charge in [0.1, 0.15) is 9.52 Å². The molecule has 2 radical (unpaired) electrons. The average molecular weight is 234 g/mol. The summed E-state index contributed by atoms with van der Waals surface area (Å²) in [6, 6.07) is 17.1. The van der Waals surface area contributed by atoms with Crippen LogP contribution in [0.25, 0.3) is 12.2 Å². The van der Waals surface area contributed by atoms with Crippen molar-refractivity contribution in [1.82, 2.24) is 0 Å². The van der Waals surface area contributed by atoms with Gasteiger partial charge in [0.2, 0.25) is 0 Å². The quantitative estimate of drug-likeness (QED) is 0.713. The van der Waals surface area contributed by atoms with Crippen molar-refractivity contribution < 1.29 is 0 Å². The third kappa shape index (κ3) is 3.05. The second-order valence-corrected chi connectivity index (χ2v) is 5.18. The van der Waals surface area contributed by atoms with Crippen LogP contribution in [0.15, 0.2) is 61.7 Å². The summed E-state index contributed by atoms with van der Waals surface area (Å²) in [7, 11) is 0.704. The van der Waals surface area contributed by atoms with E-state index in [-0.39, 0.29) is 0 Å². The Balaban J connectivity index is 2.13. The number of benzene rings is 2. The minimum atomic E-state index is 0.704. The Kier molecular flexibility index (Phi) is 3.73. The predicted octanol–water partition coefficient (Wildman–Crippen LogP) is 2.63. The molecule has 82 valence electrons. The lowest BCUT2D eigenvalue weighted by Gasteiger charge is -2.02. The highest BCUT2D eigenvalue weighted by Crippen LogP contribution is 1.99. The molecule has 0 bridgehead atoms. The summed E-state index contributed by atoms with van der Waals surface area (Å²) in [4.78, 5) is 0. The van der Waals surface area contributed by atoms with Crippen LogP contribution >= 0.6 is 0 Å². The lowest BCUT2D eigenvalue weighted by atomic mass is 10.2. The van der Waals surface area contributed by atoms with Gasteiger partial charge in [0.05, 0.1) is 0 Å². The fraction of sp³-hybridized carbons (Fsp3) is 0. The van der Waals surface area contributed by atoms with Gasteiger partial charge in [-0.15, -0.1) is 0 Å².